The molecular weight excluding hydrogens is 617 g/mol. The normalized spacial score (nSPS) is 12.6. The minimum atomic E-state index is -0.0663. The van der Waals surface area contributed by atoms with Gasteiger partial charge in [0, 0.05) is 10.8 Å². The van der Waals surface area contributed by atoms with E-state index in [2.05, 4.69) is 48.5 Å². The average Bonchev–Trinajstić information content (AvgIpc) is 3.62. The highest BCUT2D eigenvalue weighted by Gasteiger charge is 2.20. The second kappa shape index (κ2) is 12.0. The van der Waals surface area contributed by atoms with E-state index in [0.29, 0.717) is 16.7 Å². The molecule has 1 heteroatoms. The van der Waals surface area contributed by atoms with Crippen LogP contribution in [0.3, 0.4) is 0 Å². The maximum absolute atomic E-state index is 9.46. The van der Waals surface area contributed by atoms with Gasteiger partial charge in [-0.2, -0.15) is 0 Å². The highest BCUT2D eigenvalue weighted by atomic mass is 16.3. The fourth-order valence-electron chi connectivity index (χ4n) is 7.57. The van der Waals surface area contributed by atoms with Crippen molar-refractivity contribution in [1.82, 2.24) is 0 Å². The number of hydrogen-bond acceptors (Lipinski definition) is 1. The third-order valence-corrected chi connectivity index (χ3v) is 9.96. The van der Waals surface area contributed by atoms with Gasteiger partial charge in [0.25, 0.3) is 0 Å². The van der Waals surface area contributed by atoms with Gasteiger partial charge < -0.3 is 4.42 Å². The summed E-state index contributed by atoms with van der Waals surface area (Å²) >= 11 is 0. The summed E-state index contributed by atoms with van der Waals surface area (Å²) in [4.78, 5) is 0. The molecule has 238 valence electrons. The lowest BCUT2D eigenvalue weighted by molar-refractivity contribution is 0.669. The monoisotopic (exact) mass is 652 g/mol. The maximum Gasteiger partial charge on any atom is 0.136 e. The third kappa shape index (κ3) is 4.94. The van der Waals surface area contributed by atoms with Crippen LogP contribution in [0.4, 0.5) is 0 Å². The van der Waals surface area contributed by atoms with Gasteiger partial charge in [0.2, 0.25) is 0 Å². The fraction of sp³-hybridized carbons (Fsp3) is 0. The molecule has 0 aliphatic carbocycles. The first-order valence-electron chi connectivity index (χ1n) is 19.2. The van der Waals surface area contributed by atoms with E-state index in [4.69, 9.17) is 4.42 Å². The lowest BCUT2D eigenvalue weighted by atomic mass is 9.84. The van der Waals surface area contributed by atoms with Crippen molar-refractivity contribution in [1.29, 1.82) is 0 Å². The van der Waals surface area contributed by atoms with Crippen LogP contribution in [0.2, 0.25) is 0 Å². The van der Waals surface area contributed by atoms with Crippen LogP contribution in [0.15, 0.2) is 198 Å². The number of benzene rings is 9. The van der Waals surface area contributed by atoms with Crippen LogP contribution in [-0.2, 0) is 0 Å². The highest BCUT2D eigenvalue weighted by Crippen LogP contribution is 2.47. The molecule has 51 heavy (non-hydrogen) atoms. The van der Waals surface area contributed by atoms with Crippen molar-refractivity contribution in [3.63, 3.8) is 0 Å². The number of fused-ring (bicyclic) bond motifs is 5. The zero-order valence-electron chi connectivity index (χ0n) is 31.6. The molecule has 0 saturated carbocycles. The highest BCUT2D eigenvalue weighted by molar-refractivity contribution is 6.25. The Morgan fingerprint density at radius 3 is 1.39 bits per heavy atom. The molecule has 1 aromatic heterocycles. The van der Waals surface area contributed by atoms with Gasteiger partial charge in [-0.15, -0.1) is 0 Å². The summed E-state index contributed by atoms with van der Waals surface area (Å²) in [7, 11) is 0. The summed E-state index contributed by atoms with van der Waals surface area (Å²) in [5.41, 5.74) is 9.87. The van der Waals surface area contributed by atoms with Crippen molar-refractivity contribution in [2.45, 2.75) is 0 Å². The molecule has 10 rings (SSSR count). The van der Waals surface area contributed by atoms with Gasteiger partial charge in [-0.05, 0) is 95.4 Å². The van der Waals surface area contributed by atoms with Crippen LogP contribution in [0.5, 0.6) is 0 Å². The van der Waals surface area contributed by atoms with Crippen molar-refractivity contribution in [3.05, 3.63) is 194 Å². The standard InChI is InChI=1S/C50H32O/c1-3-12-33(13-4-1)35-22-24-36(25-23-35)37-26-28-38(29-27-37)48-40-16-7-9-18-42(40)49(43-19-10-8-17-41(43)48)45-20-11-21-46-50(45)44-31-30-39(32-47(44)51-46)34-14-5-2-6-15-34/h1-32H/i26D,27D,28D,29D. The van der Waals surface area contributed by atoms with Crippen LogP contribution in [0.25, 0.3) is 99.1 Å². The molecular formula is C50H32O. The minimum Gasteiger partial charge on any atom is -0.456 e. The minimum absolute atomic E-state index is 0.0646. The molecule has 1 heterocycles. The predicted molar refractivity (Wildman–Crippen MR) is 216 cm³/mol. The molecule has 0 saturated heterocycles. The Balaban J connectivity index is 1.20. The lowest BCUT2D eigenvalue weighted by Gasteiger charge is -2.18. The Labute approximate surface area is 302 Å². The summed E-state index contributed by atoms with van der Waals surface area (Å²) in [6.07, 6.45) is 0. The molecule has 0 aliphatic rings. The molecule has 0 atom stereocenters. The molecule has 0 fully saturated rings. The first kappa shape index (κ1) is 25.3. The van der Waals surface area contributed by atoms with E-state index in [0.717, 1.165) is 76.9 Å². The van der Waals surface area contributed by atoms with Crippen molar-refractivity contribution >= 4 is 43.5 Å². The molecule has 10 aromatic rings. The molecule has 0 spiro atoms. The first-order valence-corrected chi connectivity index (χ1v) is 17.2. The summed E-state index contributed by atoms with van der Waals surface area (Å²) in [5, 5.41) is 5.66. The van der Waals surface area contributed by atoms with E-state index in [9.17, 15) is 5.48 Å². The molecule has 0 N–H and O–H groups in total. The van der Waals surface area contributed by atoms with E-state index in [-0.39, 0.29) is 29.7 Å². The van der Waals surface area contributed by atoms with Crippen LogP contribution in [-0.4, -0.2) is 0 Å². The van der Waals surface area contributed by atoms with Gasteiger partial charge in [-0.3, -0.25) is 0 Å². The molecule has 9 aromatic carbocycles. The van der Waals surface area contributed by atoms with E-state index in [1.165, 1.54) is 0 Å². The molecule has 0 radical (unpaired) electrons. The second-order valence-corrected chi connectivity index (χ2v) is 12.9. The van der Waals surface area contributed by atoms with E-state index < -0.39 is 0 Å². The Kier molecular flexibility index (Phi) is 5.96. The van der Waals surface area contributed by atoms with Crippen LogP contribution in [0, 0.1) is 0 Å². The third-order valence-electron chi connectivity index (χ3n) is 9.96. The van der Waals surface area contributed by atoms with Crippen molar-refractivity contribution in [3.8, 4) is 55.6 Å². The number of hydrogen-bond donors (Lipinski definition) is 0. The molecule has 0 aliphatic heterocycles. The smallest absolute Gasteiger partial charge is 0.136 e. The van der Waals surface area contributed by atoms with E-state index >= 15 is 0 Å². The van der Waals surface area contributed by atoms with Gasteiger partial charge in [-0.1, -0.05) is 176 Å². The van der Waals surface area contributed by atoms with Crippen LogP contribution < -0.4 is 0 Å². The Morgan fingerprint density at radius 1 is 0.314 bits per heavy atom. The number of furan rings is 1. The van der Waals surface area contributed by atoms with Gasteiger partial charge in [0.15, 0.2) is 0 Å². The molecule has 0 unspecified atom stereocenters. The van der Waals surface area contributed by atoms with Gasteiger partial charge in [0.05, 0.1) is 5.48 Å². The zero-order valence-corrected chi connectivity index (χ0v) is 27.6. The summed E-state index contributed by atoms with van der Waals surface area (Å²) in [6, 6.07) is 56.6. The fourth-order valence-corrected chi connectivity index (χ4v) is 7.57. The molecule has 0 bridgehead atoms. The summed E-state index contributed by atoms with van der Waals surface area (Å²) in [6.45, 7) is 0. The topological polar surface area (TPSA) is 13.1 Å². The first-order chi connectivity index (χ1) is 27.0. The van der Waals surface area contributed by atoms with E-state index in [1.54, 1.807) is 0 Å². The van der Waals surface area contributed by atoms with Crippen LogP contribution >= 0.6 is 0 Å². The Hall–Kier alpha value is -6.70. The zero-order chi connectivity index (χ0) is 37.2. The van der Waals surface area contributed by atoms with Gasteiger partial charge in [0.1, 0.15) is 11.2 Å². The molecule has 0 amide bonds. The summed E-state index contributed by atoms with van der Waals surface area (Å²) < 4.78 is 44.0. The van der Waals surface area contributed by atoms with Crippen molar-refractivity contribution < 1.29 is 9.90 Å². The lowest BCUT2D eigenvalue weighted by Crippen LogP contribution is -1.91. The van der Waals surface area contributed by atoms with E-state index in [1.807, 2.05) is 121 Å². The average molecular weight is 653 g/mol. The quantitative estimate of drug-likeness (QED) is 0.169. The summed E-state index contributed by atoms with van der Waals surface area (Å²) in [5.74, 6) is 0. The maximum atomic E-state index is 9.46. The largest absolute Gasteiger partial charge is 0.456 e. The SMILES string of the molecule is [2H]c1c([2H])c(-c2c3ccccc3c(-c3cccc4oc5cc(-c6ccccc6)ccc5c34)c3ccccc23)c([2H])c([2H])c1-c1ccc(-c2ccccc2)cc1. The second-order valence-electron chi connectivity index (χ2n) is 12.9. The van der Waals surface area contributed by atoms with Crippen molar-refractivity contribution in [2.24, 2.45) is 0 Å². The number of rotatable bonds is 5. The van der Waals surface area contributed by atoms with Gasteiger partial charge >= 0.3 is 0 Å². The van der Waals surface area contributed by atoms with Gasteiger partial charge in [-0.25, -0.2) is 0 Å². The Morgan fingerprint density at radius 2 is 0.784 bits per heavy atom. The van der Waals surface area contributed by atoms with Crippen LogP contribution in [0.1, 0.15) is 5.48 Å². The predicted octanol–water partition coefficient (Wildman–Crippen LogP) is 14.2. The molecule has 1 nitrogen and oxygen atoms in total. The Bertz CT molecular complexity index is 3030. The van der Waals surface area contributed by atoms with Crippen molar-refractivity contribution in [2.75, 3.05) is 0 Å².